The highest BCUT2D eigenvalue weighted by Crippen LogP contribution is 2.23. The minimum atomic E-state index is -4.17. The van der Waals surface area contributed by atoms with Crippen molar-refractivity contribution in [3.05, 3.63) is 16.5 Å². The third kappa shape index (κ3) is 4.78. The van der Waals surface area contributed by atoms with Gasteiger partial charge in [0.05, 0.1) is 6.42 Å². The highest BCUT2D eigenvalue weighted by atomic mass is 79.9. The van der Waals surface area contributed by atoms with Crippen molar-refractivity contribution < 1.29 is 13.2 Å². The first-order valence-electron chi connectivity index (χ1n) is 4.61. The highest BCUT2D eigenvalue weighted by molar-refractivity contribution is 9.10. The molecule has 1 heterocycles. The number of aryl methyl sites for hydroxylation is 1. The molecular formula is C9H11BrF3N3. The first-order valence-corrected chi connectivity index (χ1v) is 5.40. The van der Waals surface area contributed by atoms with Gasteiger partial charge in [-0.2, -0.15) is 13.2 Å². The summed E-state index contributed by atoms with van der Waals surface area (Å²) in [7, 11) is 0. The van der Waals surface area contributed by atoms with E-state index in [1.54, 1.807) is 13.0 Å². The van der Waals surface area contributed by atoms with E-state index in [0.29, 0.717) is 16.2 Å². The molecule has 0 aliphatic heterocycles. The quantitative estimate of drug-likeness (QED) is 0.870. The molecule has 90 valence electrons. The maximum Gasteiger partial charge on any atom is 0.391 e. The molecule has 1 rings (SSSR count). The number of hydrogen-bond acceptors (Lipinski definition) is 3. The molecular weight excluding hydrogens is 287 g/mol. The zero-order chi connectivity index (χ0) is 12.3. The lowest BCUT2D eigenvalue weighted by molar-refractivity contribution is -0.136. The van der Waals surface area contributed by atoms with E-state index in [1.807, 2.05) is 0 Å². The number of aromatic nitrogens is 2. The van der Waals surface area contributed by atoms with E-state index in [1.165, 1.54) is 6.92 Å². The van der Waals surface area contributed by atoms with E-state index in [0.717, 1.165) is 0 Å². The molecule has 1 aromatic heterocycles. The summed E-state index contributed by atoms with van der Waals surface area (Å²) in [5.74, 6) is 0.882. The van der Waals surface area contributed by atoms with Gasteiger partial charge in [0.15, 0.2) is 0 Å². The average Bonchev–Trinajstić information content (AvgIpc) is 1.96. The molecule has 3 nitrogen and oxygen atoms in total. The van der Waals surface area contributed by atoms with Crippen LogP contribution in [0, 0.1) is 6.92 Å². The third-order valence-corrected chi connectivity index (χ3v) is 2.14. The maximum atomic E-state index is 12.1. The van der Waals surface area contributed by atoms with E-state index in [-0.39, 0.29) is 0 Å². The largest absolute Gasteiger partial charge is 0.391 e. The minimum absolute atomic E-state index is 0.385. The monoisotopic (exact) mass is 297 g/mol. The van der Waals surface area contributed by atoms with Gasteiger partial charge in [0.25, 0.3) is 0 Å². The van der Waals surface area contributed by atoms with Gasteiger partial charge >= 0.3 is 6.18 Å². The van der Waals surface area contributed by atoms with Crippen LogP contribution in [0.4, 0.5) is 19.0 Å². The molecule has 1 atom stereocenters. The van der Waals surface area contributed by atoms with Crippen molar-refractivity contribution in [1.29, 1.82) is 0 Å². The Balaban J connectivity index is 2.66. The Morgan fingerprint density at radius 2 is 2.06 bits per heavy atom. The molecule has 0 bridgehead atoms. The second-order valence-electron chi connectivity index (χ2n) is 3.49. The van der Waals surface area contributed by atoms with E-state index in [4.69, 9.17) is 0 Å². The van der Waals surface area contributed by atoms with E-state index in [9.17, 15) is 13.2 Å². The Bertz CT molecular complexity index is 347. The summed E-state index contributed by atoms with van der Waals surface area (Å²) in [6, 6.07) is 0.820. The molecule has 0 radical (unpaired) electrons. The van der Waals surface area contributed by atoms with Crippen LogP contribution < -0.4 is 5.32 Å². The molecule has 0 amide bonds. The number of alkyl halides is 3. The standard InChI is InChI=1S/C9H11BrF3N3/c1-5(4-9(11,12)13)14-8-3-7(10)15-6(2)16-8/h3,5H,4H2,1-2H3,(H,14,15,16). The summed E-state index contributed by atoms with van der Waals surface area (Å²) in [5, 5.41) is 2.68. The van der Waals surface area contributed by atoms with Gasteiger partial charge in [0.1, 0.15) is 16.2 Å². The van der Waals surface area contributed by atoms with Crippen LogP contribution in [0.25, 0.3) is 0 Å². The van der Waals surface area contributed by atoms with Crippen molar-refractivity contribution in [3.63, 3.8) is 0 Å². The summed E-state index contributed by atoms with van der Waals surface area (Å²) in [6.07, 6.45) is -5.07. The van der Waals surface area contributed by atoms with E-state index < -0.39 is 18.6 Å². The van der Waals surface area contributed by atoms with E-state index in [2.05, 4.69) is 31.2 Å². The first-order chi connectivity index (χ1) is 7.26. The van der Waals surface area contributed by atoms with Crippen LogP contribution in [0.1, 0.15) is 19.2 Å². The predicted octanol–water partition coefficient (Wildman–Crippen LogP) is 3.30. The van der Waals surface area contributed by atoms with Crippen LogP contribution in [-0.2, 0) is 0 Å². The van der Waals surface area contributed by atoms with Crippen molar-refractivity contribution >= 4 is 21.7 Å². The fourth-order valence-electron chi connectivity index (χ4n) is 1.26. The number of nitrogens with one attached hydrogen (secondary N) is 1. The molecule has 0 saturated carbocycles. The zero-order valence-electron chi connectivity index (χ0n) is 8.77. The SMILES string of the molecule is Cc1nc(Br)cc(NC(C)CC(F)(F)F)n1. The van der Waals surface area contributed by atoms with Crippen LogP contribution in [0.2, 0.25) is 0 Å². The number of halogens is 4. The Labute approximate surface area is 99.6 Å². The van der Waals surface area contributed by atoms with Crippen LogP contribution in [-0.4, -0.2) is 22.2 Å². The van der Waals surface area contributed by atoms with Gasteiger partial charge in [-0.25, -0.2) is 9.97 Å². The molecule has 7 heteroatoms. The molecule has 0 fully saturated rings. The second-order valence-corrected chi connectivity index (χ2v) is 4.30. The highest BCUT2D eigenvalue weighted by Gasteiger charge is 2.30. The van der Waals surface area contributed by atoms with Gasteiger partial charge in [-0.05, 0) is 29.8 Å². The Hall–Kier alpha value is -0.850. The number of anilines is 1. The van der Waals surface area contributed by atoms with Crippen LogP contribution in [0.3, 0.4) is 0 Å². The lowest BCUT2D eigenvalue weighted by atomic mass is 10.2. The fourth-order valence-corrected chi connectivity index (χ4v) is 1.73. The third-order valence-electron chi connectivity index (χ3n) is 1.74. The van der Waals surface area contributed by atoms with E-state index >= 15 is 0 Å². The van der Waals surface area contributed by atoms with Crippen molar-refractivity contribution in [2.24, 2.45) is 0 Å². The molecule has 1 aromatic rings. The fraction of sp³-hybridized carbons (Fsp3) is 0.556. The van der Waals surface area contributed by atoms with Gasteiger partial charge in [-0.15, -0.1) is 0 Å². The smallest absolute Gasteiger partial charge is 0.367 e. The summed E-state index contributed by atoms with van der Waals surface area (Å²) < 4.78 is 36.8. The number of rotatable bonds is 3. The number of nitrogens with zero attached hydrogens (tertiary/aromatic N) is 2. The molecule has 1 unspecified atom stereocenters. The van der Waals surface area contributed by atoms with Crippen molar-refractivity contribution in [2.75, 3.05) is 5.32 Å². The molecule has 0 aliphatic rings. The first kappa shape index (κ1) is 13.2. The maximum absolute atomic E-state index is 12.1. The molecule has 1 N–H and O–H groups in total. The molecule has 0 spiro atoms. The van der Waals surface area contributed by atoms with Crippen molar-refractivity contribution in [3.8, 4) is 0 Å². The Kier molecular flexibility index (Phi) is 4.12. The summed E-state index contributed by atoms with van der Waals surface area (Å²) in [6.45, 7) is 3.13. The summed E-state index contributed by atoms with van der Waals surface area (Å²) in [4.78, 5) is 7.94. The zero-order valence-corrected chi connectivity index (χ0v) is 10.4. The van der Waals surface area contributed by atoms with Gasteiger partial charge in [-0.3, -0.25) is 0 Å². The van der Waals surface area contributed by atoms with Gasteiger partial charge in [0, 0.05) is 12.1 Å². The molecule has 0 aliphatic carbocycles. The Morgan fingerprint density at radius 1 is 1.44 bits per heavy atom. The molecule has 16 heavy (non-hydrogen) atoms. The van der Waals surface area contributed by atoms with Crippen LogP contribution in [0.15, 0.2) is 10.7 Å². The summed E-state index contributed by atoms with van der Waals surface area (Å²) in [5.41, 5.74) is 0. The molecule has 0 saturated heterocycles. The topological polar surface area (TPSA) is 37.8 Å². The van der Waals surface area contributed by atoms with Crippen molar-refractivity contribution in [2.45, 2.75) is 32.5 Å². The van der Waals surface area contributed by atoms with Gasteiger partial charge < -0.3 is 5.32 Å². The van der Waals surface area contributed by atoms with Crippen LogP contribution in [0.5, 0.6) is 0 Å². The van der Waals surface area contributed by atoms with Gasteiger partial charge in [-0.1, -0.05) is 0 Å². The lowest BCUT2D eigenvalue weighted by Gasteiger charge is -2.16. The minimum Gasteiger partial charge on any atom is -0.367 e. The summed E-state index contributed by atoms with van der Waals surface area (Å²) >= 11 is 3.15. The second kappa shape index (κ2) is 4.99. The number of hydrogen-bond donors (Lipinski definition) is 1. The van der Waals surface area contributed by atoms with Crippen molar-refractivity contribution in [1.82, 2.24) is 9.97 Å². The lowest BCUT2D eigenvalue weighted by Crippen LogP contribution is -2.24. The molecule has 0 aromatic carbocycles. The predicted molar refractivity (Wildman–Crippen MR) is 58.2 cm³/mol. The van der Waals surface area contributed by atoms with Gasteiger partial charge in [0.2, 0.25) is 0 Å². The average molecular weight is 298 g/mol. The Morgan fingerprint density at radius 3 is 2.56 bits per heavy atom. The van der Waals surface area contributed by atoms with Crippen LogP contribution >= 0.6 is 15.9 Å². The normalized spacial score (nSPS) is 13.6.